The van der Waals surface area contributed by atoms with E-state index in [1.807, 2.05) is 30.7 Å². The number of aromatic nitrogens is 4. The zero-order chi connectivity index (χ0) is 20.7. The summed E-state index contributed by atoms with van der Waals surface area (Å²) in [5.41, 5.74) is 2.83. The summed E-state index contributed by atoms with van der Waals surface area (Å²) in [6, 6.07) is 8.64. The number of anilines is 1. The summed E-state index contributed by atoms with van der Waals surface area (Å²) in [5.74, 6) is -0.262. The first-order valence-corrected chi connectivity index (χ1v) is 9.61. The van der Waals surface area contributed by atoms with Crippen LogP contribution < -0.4 is 16.6 Å². The maximum Gasteiger partial charge on any atom is 0.438 e. The van der Waals surface area contributed by atoms with Crippen molar-refractivity contribution in [1.29, 1.82) is 0 Å². The minimum absolute atomic E-state index is 0.0162. The van der Waals surface area contributed by atoms with E-state index in [1.165, 1.54) is 6.07 Å². The van der Waals surface area contributed by atoms with Crippen LogP contribution in [-0.2, 0) is 6.54 Å². The van der Waals surface area contributed by atoms with Gasteiger partial charge in [0.05, 0.1) is 33.3 Å². The van der Waals surface area contributed by atoms with Crippen LogP contribution in [0.3, 0.4) is 0 Å². The van der Waals surface area contributed by atoms with E-state index in [0.717, 1.165) is 11.0 Å². The van der Waals surface area contributed by atoms with Gasteiger partial charge in [0.1, 0.15) is 0 Å². The van der Waals surface area contributed by atoms with Crippen LogP contribution in [0.25, 0.3) is 16.7 Å². The number of hydrogen-bond donors (Lipinski definition) is 2. The van der Waals surface area contributed by atoms with Gasteiger partial charge in [-0.05, 0) is 38.1 Å². The topological polar surface area (TPSA) is 97.8 Å². The fourth-order valence-electron chi connectivity index (χ4n) is 3.30. The van der Waals surface area contributed by atoms with Crippen LogP contribution >= 0.6 is 23.2 Å². The van der Waals surface area contributed by atoms with E-state index in [4.69, 9.17) is 23.2 Å². The van der Waals surface area contributed by atoms with Crippen molar-refractivity contribution in [2.75, 3.05) is 5.32 Å². The third-order valence-corrected chi connectivity index (χ3v) is 5.08. The maximum atomic E-state index is 12.2. The predicted octanol–water partition coefficient (Wildman–Crippen LogP) is 3.97. The molecule has 0 aliphatic heterocycles. The summed E-state index contributed by atoms with van der Waals surface area (Å²) in [7, 11) is 0. The van der Waals surface area contributed by atoms with Gasteiger partial charge in [0.25, 0.3) is 5.56 Å². The Labute approximate surface area is 174 Å². The second kappa shape index (κ2) is 7.46. The summed E-state index contributed by atoms with van der Waals surface area (Å²) < 4.78 is 8.05. The van der Waals surface area contributed by atoms with Crippen molar-refractivity contribution in [3.05, 3.63) is 73.3 Å². The molecule has 4 aromatic rings. The molecular weight excluding hydrogens is 417 g/mol. The minimum atomic E-state index is -0.618. The molecule has 0 radical (unpaired) electrons. The van der Waals surface area contributed by atoms with Crippen LogP contribution in [0.1, 0.15) is 25.7 Å². The SMILES string of the molecule is CC(C)n1c(=O)ccc2c1ccn2-c1c(Cl)cc(NCc2noc(=O)[nH]2)cc1Cl. The summed E-state index contributed by atoms with van der Waals surface area (Å²) in [6.07, 6.45) is 1.84. The van der Waals surface area contributed by atoms with Gasteiger partial charge in [-0.2, -0.15) is 0 Å². The average Bonchev–Trinajstić information content (AvgIpc) is 3.25. The van der Waals surface area contributed by atoms with Gasteiger partial charge in [-0.25, -0.2) is 4.79 Å². The van der Waals surface area contributed by atoms with Gasteiger partial charge in [0.15, 0.2) is 5.82 Å². The molecule has 150 valence electrons. The number of pyridine rings is 1. The molecule has 0 atom stereocenters. The Kier molecular flexibility index (Phi) is 4.97. The molecule has 0 saturated carbocycles. The Hall–Kier alpha value is -2.97. The van der Waals surface area contributed by atoms with Crippen molar-refractivity contribution in [3.63, 3.8) is 0 Å². The molecule has 0 unspecified atom stereocenters. The molecule has 0 aliphatic rings. The molecule has 29 heavy (non-hydrogen) atoms. The van der Waals surface area contributed by atoms with E-state index in [2.05, 4.69) is 20.0 Å². The number of H-pyrrole nitrogens is 1. The number of halogens is 2. The highest BCUT2D eigenvalue weighted by Gasteiger charge is 2.16. The summed E-state index contributed by atoms with van der Waals surface area (Å²) in [4.78, 5) is 25.7. The zero-order valence-corrected chi connectivity index (χ0v) is 17.1. The van der Waals surface area contributed by atoms with Crippen LogP contribution in [-0.4, -0.2) is 19.3 Å². The normalized spacial score (nSPS) is 11.5. The third kappa shape index (κ3) is 3.56. The van der Waals surface area contributed by atoms with Gasteiger partial charge in [-0.15, -0.1) is 0 Å². The number of benzene rings is 1. The van der Waals surface area contributed by atoms with Gasteiger partial charge in [0, 0.05) is 24.0 Å². The molecule has 0 amide bonds. The van der Waals surface area contributed by atoms with Crippen LogP contribution in [0.5, 0.6) is 0 Å². The van der Waals surface area contributed by atoms with Gasteiger partial charge in [-0.1, -0.05) is 28.4 Å². The lowest BCUT2D eigenvalue weighted by Crippen LogP contribution is -2.20. The first-order chi connectivity index (χ1) is 13.8. The van der Waals surface area contributed by atoms with E-state index in [0.29, 0.717) is 27.2 Å². The molecule has 0 bridgehead atoms. The summed E-state index contributed by atoms with van der Waals surface area (Å²) >= 11 is 13.1. The standard InChI is InChI=1S/C19H17Cl2N5O3/c1-10(2)26-15-5-6-25(14(15)3-4-17(26)27)18-12(20)7-11(8-13(18)21)22-9-16-23-19(28)29-24-16/h3-8,10,22H,9H2,1-2H3,(H,23,24,28). The Morgan fingerprint density at radius 1 is 1.14 bits per heavy atom. The first-order valence-electron chi connectivity index (χ1n) is 8.86. The molecular formula is C19H17Cl2N5O3. The molecule has 0 spiro atoms. The Balaban J connectivity index is 1.73. The molecule has 3 heterocycles. The van der Waals surface area contributed by atoms with Crippen LogP contribution in [0.2, 0.25) is 10.0 Å². The molecule has 10 heteroatoms. The first kappa shape index (κ1) is 19.4. The number of rotatable bonds is 5. The van der Waals surface area contributed by atoms with Crippen molar-refractivity contribution in [1.82, 2.24) is 19.3 Å². The highest BCUT2D eigenvalue weighted by atomic mass is 35.5. The fourth-order valence-corrected chi connectivity index (χ4v) is 3.97. The summed E-state index contributed by atoms with van der Waals surface area (Å²) in [6.45, 7) is 4.16. The lowest BCUT2D eigenvalue weighted by Gasteiger charge is -2.15. The second-order valence-electron chi connectivity index (χ2n) is 6.78. The Morgan fingerprint density at radius 3 is 2.48 bits per heavy atom. The third-order valence-electron chi connectivity index (χ3n) is 4.50. The fraction of sp³-hybridized carbons (Fsp3) is 0.211. The van der Waals surface area contributed by atoms with Crippen molar-refractivity contribution in [2.24, 2.45) is 0 Å². The molecule has 0 aliphatic carbocycles. The number of aromatic amines is 1. The van der Waals surface area contributed by atoms with Crippen molar-refractivity contribution >= 4 is 39.9 Å². The molecule has 4 rings (SSSR count). The number of hydrogen-bond acceptors (Lipinski definition) is 5. The van der Waals surface area contributed by atoms with Gasteiger partial charge in [0.2, 0.25) is 0 Å². The predicted molar refractivity (Wildman–Crippen MR) is 112 cm³/mol. The van der Waals surface area contributed by atoms with Crippen LogP contribution in [0.4, 0.5) is 5.69 Å². The Bertz CT molecular complexity index is 1290. The largest absolute Gasteiger partial charge is 0.438 e. The number of nitrogens with one attached hydrogen (secondary N) is 2. The molecule has 8 nitrogen and oxygen atoms in total. The second-order valence-corrected chi connectivity index (χ2v) is 7.59. The van der Waals surface area contributed by atoms with Crippen molar-refractivity contribution < 1.29 is 4.52 Å². The van der Waals surface area contributed by atoms with E-state index in [1.54, 1.807) is 22.8 Å². The lowest BCUT2D eigenvalue weighted by molar-refractivity contribution is 0.382. The van der Waals surface area contributed by atoms with Crippen molar-refractivity contribution in [2.45, 2.75) is 26.4 Å². The average molecular weight is 434 g/mol. The monoisotopic (exact) mass is 433 g/mol. The van der Waals surface area contributed by atoms with E-state index in [9.17, 15) is 9.59 Å². The minimum Gasteiger partial charge on any atom is -0.378 e. The van der Waals surface area contributed by atoms with E-state index in [-0.39, 0.29) is 18.1 Å². The molecule has 3 aromatic heterocycles. The highest BCUT2D eigenvalue weighted by molar-refractivity contribution is 6.38. The van der Waals surface area contributed by atoms with Crippen LogP contribution in [0.15, 0.2) is 50.6 Å². The van der Waals surface area contributed by atoms with Crippen molar-refractivity contribution in [3.8, 4) is 5.69 Å². The molecule has 1 aromatic carbocycles. The number of nitrogens with zero attached hydrogens (tertiary/aromatic N) is 3. The van der Waals surface area contributed by atoms with Gasteiger partial charge in [-0.3, -0.25) is 14.3 Å². The maximum absolute atomic E-state index is 12.2. The molecule has 0 fully saturated rings. The summed E-state index contributed by atoms with van der Waals surface area (Å²) in [5, 5.41) is 7.52. The smallest absolute Gasteiger partial charge is 0.378 e. The van der Waals surface area contributed by atoms with Gasteiger partial charge < -0.3 is 14.5 Å². The van der Waals surface area contributed by atoms with Gasteiger partial charge >= 0.3 is 5.76 Å². The van der Waals surface area contributed by atoms with E-state index >= 15 is 0 Å². The lowest BCUT2D eigenvalue weighted by atomic mass is 10.2. The quantitative estimate of drug-likeness (QED) is 0.496. The molecule has 2 N–H and O–H groups in total. The molecule has 0 saturated heterocycles. The van der Waals surface area contributed by atoms with E-state index < -0.39 is 5.76 Å². The van der Waals surface area contributed by atoms with Crippen LogP contribution in [0, 0.1) is 0 Å². The Morgan fingerprint density at radius 2 is 1.86 bits per heavy atom. The zero-order valence-electron chi connectivity index (χ0n) is 15.6. The highest BCUT2D eigenvalue weighted by Crippen LogP contribution is 2.35. The number of fused-ring (bicyclic) bond motifs is 1.